The fraction of sp³-hybridized carbons (Fsp3) is 0.238. The molecular weight excluding hydrogens is 458 g/mol. The van der Waals surface area contributed by atoms with Crippen molar-refractivity contribution in [1.82, 2.24) is 5.32 Å². The quantitative estimate of drug-likeness (QED) is 0.522. The molecule has 0 bridgehead atoms. The summed E-state index contributed by atoms with van der Waals surface area (Å²) in [5.41, 5.74) is 1.48. The number of hydrogen-bond donors (Lipinski definition) is 2. The van der Waals surface area contributed by atoms with Crippen LogP contribution in [0.3, 0.4) is 0 Å². The minimum atomic E-state index is -3.80. The van der Waals surface area contributed by atoms with Crippen molar-refractivity contribution in [3.63, 3.8) is 0 Å². The van der Waals surface area contributed by atoms with Crippen molar-refractivity contribution >= 4 is 44.3 Å². The molecule has 2 aromatic carbocycles. The lowest BCUT2D eigenvalue weighted by Crippen LogP contribution is -2.43. The highest BCUT2D eigenvalue weighted by Gasteiger charge is 2.21. The summed E-state index contributed by atoms with van der Waals surface area (Å²) in [6.07, 6.45) is 0. The smallest absolute Gasteiger partial charge is 0.271 e. The standard InChI is InChI=1S/C21H22ClN3O4S2/c1-28-17-7-5-15(6-8-17)24-31(26,27)20-14-19(22)21(30-20)29-18-4-2-3-16(13-18)25-11-9-23-10-12-25/h2-8,13-14,23-24H,9-12H2,1H3. The third-order valence-corrected chi connectivity index (χ3v) is 8.01. The van der Waals surface area contributed by atoms with Crippen LogP contribution in [0.15, 0.2) is 58.8 Å². The Kier molecular flexibility index (Phi) is 6.57. The van der Waals surface area contributed by atoms with Crippen LogP contribution >= 0.6 is 22.9 Å². The zero-order valence-corrected chi connectivity index (χ0v) is 19.2. The second-order valence-corrected chi connectivity index (χ2v) is 10.2. The number of rotatable bonds is 7. The molecule has 0 radical (unpaired) electrons. The fourth-order valence-corrected chi connectivity index (χ4v) is 5.83. The van der Waals surface area contributed by atoms with E-state index in [1.807, 2.05) is 24.3 Å². The summed E-state index contributed by atoms with van der Waals surface area (Å²) in [6, 6.07) is 15.7. The molecule has 0 saturated carbocycles. The molecule has 3 aromatic rings. The molecule has 4 rings (SSSR count). The van der Waals surface area contributed by atoms with Crippen LogP contribution in [0.2, 0.25) is 5.02 Å². The van der Waals surface area contributed by atoms with Crippen molar-refractivity contribution in [2.75, 3.05) is 42.9 Å². The van der Waals surface area contributed by atoms with Gasteiger partial charge in [0.1, 0.15) is 15.7 Å². The number of piperazine rings is 1. The Hall–Kier alpha value is -2.46. The first-order chi connectivity index (χ1) is 14.9. The predicted octanol–water partition coefficient (Wildman–Crippen LogP) is 4.41. The summed E-state index contributed by atoms with van der Waals surface area (Å²) in [5.74, 6) is 1.24. The third kappa shape index (κ3) is 5.24. The molecule has 0 unspecified atom stereocenters. The lowest BCUT2D eigenvalue weighted by molar-refractivity contribution is 0.415. The van der Waals surface area contributed by atoms with Gasteiger partial charge in [-0.25, -0.2) is 8.42 Å². The Morgan fingerprint density at radius 1 is 1.06 bits per heavy atom. The molecule has 0 amide bonds. The molecule has 1 aliphatic heterocycles. The topological polar surface area (TPSA) is 79.9 Å². The van der Waals surface area contributed by atoms with E-state index in [0.717, 1.165) is 43.2 Å². The minimum Gasteiger partial charge on any atom is -0.497 e. The van der Waals surface area contributed by atoms with E-state index in [4.69, 9.17) is 21.1 Å². The van der Waals surface area contributed by atoms with Crippen LogP contribution in [-0.2, 0) is 10.0 Å². The lowest BCUT2D eigenvalue weighted by Gasteiger charge is -2.29. The molecule has 0 aliphatic carbocycles. The molecule has 1 aliphatic rings. The first-order valence-electron chi connectivity index (χ1n) is 9.64. The summed E-state index contributed by atoms with van der Waals surface area (Å²) >= 11 is 7.27. The number of methoxy groups -OCH3 is 1. The van der Waals surface area contributed by atoms with Gasteiger partial charge in [-0.2, -0.15) is 0 Å². The maximum atomic E-state index is 12.8. The van der Waals surface area contributed by atoms with Crippen molar-refractivity contribution in [2.24, 2.45) is 0 Å². The molecule has 10 heteroatoms. The van der Waals surface area contributed by atoms with Crippen LogP contribution in [0, 0.1) is 0 Å². The Morgan fingerprint density at radius 2 is 1.81 bits per heavy atom. The maximum absolute atomic E-state index is 12.8. The van der Waals surface area contributed by atoms with E-state index in [1.54, 1.807) is 31.4 Å². The number of nitrogens with zero attached hydrogens (tertiary/aromatic N) is 1. The molecule has 1 aromatic heterocycles. The van der Waals surface area contributed by atoms with Crippen LogP contribution in [0.4, 0.5) is 11.4 Å². The van der Waals surface area contributed by atoms with Gasteiger partial charge in [-0.15, -0.1) is 0 Å². The second kappa shape index (κ2) is 9.35. The van der Waals surface area contributed by atoms with Crippen LogP contribution in [0.5, 0.6) is 16.6 Å². The van der Waals surface area contributed by atoms with Gasteiger partial charge in [0.15, 0.2) is 0 Å². The molecule has 2 N–H and O–H groups in total. The maximum Gasteiger partial charge on any atom is 0.271 e. The highest BCUT2D eigenvalue weighted by Crippen LogP contribution is 2.41. The molecule has 31 heavy (non-hydrogen) atoms. The lowest BCUT2D eigenvalue weighted by atomic mass is 10.2. The van der Waals surface area contributed by atoms with E-state index >= 15 is 0 Å². The molecule has 1 saturated heterocycles. The van der Waals surface area contributed by atoms with Gasteiger partial charge in [0.25, 0.3) is 10.0 Å². The zero-order valence-electron chi connectivity index (χ0n) is 16.8. The summed E-state index contributed by atoms with van der Waals surface area (Å²) in [7, 11) is -2.25. The van der Waals surface area contributed by atoms with E-state index in [9.17, 15) is 8.42 Å². The van der Waals surface area contributed by atoms with Gasteiger partial charge < -0.3 is 19.7 Å². The highest BCUT2D eigenvalue weighted by atomic mass is 35.5. The normalized spacial score (nSPS) is 14.3. The number of nitrogens with one attached hydrogen (secondary N) is 2. The van der Waals surface area contributed by atoms with Crippen LogP contribution in [0.1, 0.15) is 0 Å². The average Bonchev–Trinajstić information content (AvgIpc) is 3.16. The Labute approximate surface area is 190 Å². The molecule has 1 fully saturated rings. The van der Waals surface area contributed by atoms with Gasteiger partial charge in [-0.1, -0.05) is 29.0 Å². The number of halogens is 1. The van der Waals surface area contributed by atoms with Crippen molar-refractivity contribution in [1.29, 1.82) is 0 Å². The number of thiophene rings is 1. The van der Waals surface area contributed by atoms with E-state index in [-0.39, 0.29) is 9.23 Å². The van der Waals surface area contributed by atoms with Gasteiger partial charge in [0, 0.05) is 43.6 Å². The van der Waals surface area contributed by atoms with Crippen molar-refractivity contribution in [2.45, 2.75) is 4.21 Å². The fourth-order valence-electron chi connectivity index (χ4n) is 3.17. The Bertz CT molecular complexity index is 1140. The minimum absolute atomic E-state index is 0.0709. The van der Waals surface area contributed by atoms with E-state index in [1.165, 1.54) is 6.07 Å². The van der Waals surface area contributed by atoms with Gasteiger partial charge in [-0.3, -0.25) is 4.72 Å². The van der Waals surface area contributed by atoms with E-state index in [2.05, 4.69) is 14.9 Å². The van der Waals surface area contributed by atoms with Crippen molar-refractivity contribution in [3.8, 4) is 16.6 Å². The predicted molar refractivity (Wildman–Crippen MR) is 125 cm³/mol. The van der Waals surface area contributed by atoms with Crippen molar-refractivity contribution in [3.05, 3.63) is 59.6 Å². The largest absolute Gasteiger partial charge is 0.497 e. The Morgan fingerprint density at radius 3 is 2.52 bits per heavy atom. The first kappa shape index (κ1) is 21.8. The van der Waals surface area contributed by atoms with E-state index in [0.29, 0.717) is 22.2 Å². The van der Waals surface area contributed by atoms with Gasteiger partial charge in [0.05, 0.1) is 12.1 Å². The number of ether oxygens (including phenoxy) is 2. The van der Waals surface area contributed by atoms with Gasteiger partial charge in [-0.05, 0) is 42.5 Å². The second-order valence-electron chi connectivity index (χ2n) is 6.87. The molecular formula is C21H22ClN3O4S2. The number of sulfonamides is 1. The number of benzene rings is 2. The number of anilines is 2. The summed E-state index contributed by atoms with van der Waals surface area (Å²) in [5, 5.41) is 3.90. The zero-order chi connectivity index (χ0) is 21.8. The summed E-state index contributed by atoms with van der Waals surface area (Å²) in [4.78, 5) is 2.27. The van der Waals surface area contributed by atoms with Gasteiger partial charge in [0.2, 0.25) is 5.06 Å². The summed E-state index contributed by atoms with van der Waals surface area (Å²) in [6.45, 7) is 3.71. The molecule has 0 atom stereocenters. The average molecular weight is 480 g/mol. The molecule has 2 heterocycles. The highest BCUT2D eigenvalue weighted by molar-refractivity contribution is 7.94. The summed E-state index contributed by atoms with van der Waals surface area (Å²) < 4.78 is 39.2. The molecule has 7 nitrogen and oxygen atoms in total. The Balaban J connectivity index is 1.50. The van der Waals surface area contributed by atoms with E-state index < -0.39 is 10.0 Å². The SMILES string of the molecule is COc1ccc(NS(=O)(=O)c2cc(Cl)c(Oc3cccc(N4CCNCC4)c3)s2)cc1. The molecule has 0 spiro atoms. The van der Waals surface area contributed by atoms with Crippen LogP contribution in [0.25, 0.3) is 0 Å². The van der Waals surface area contributed by atoms with Gasteiger partial charge >= 0.3 is 0 Å². The van der Waals surface area contributed by atoms with Crippen LogP contribution in [-0.4, -0.2) is 41.7 Å². The first-order valence-corrected chi connectivity index (χ1v) is 12.3. The monoisotopic (exact) mass is 479 g/mol. The third-order valence-electron chi connectivity index (χ3n) is 4.75. The molecule has 164 valence electrons. The number of hydrogen-bond acceptors (Lipinski definition) is 7. The van der Waals surface area contributed by atoms with Crippen LogP contribution < -0.4 is 24.4 Å². The van der Waals surface area contributed by atoms with Crippen molar-refractivity contribution < 1.29 is 17.9 Å².